The highest BCUT2D eigenvalue weighted by Gasteiger charge is 2.15. The van der Waals surface area contributed by atoms with Gasteiger partial charge in [0.25, 0.3) is 5.91 Å². The molecule has 3 heterocycles. The lowest BCUT2D eigenvalue weighted by molar-refractivity contribution is 0.0955. The van der Waals surface area contributed by atoms with Crippen LogP contribution >= 0.6 is 0 Å². The summed E-state index contributed by atoms with van der Waals surface area (Å²) in [5, 5.41) is 10.9. The van der Waals surface area contributed by atoms with E-state index in [1.54, 1.807) is 18.6 Å². The summed E-state index contributed by atoms with van der Waals surface area (Å²) < 4.78 is 3.83. The number of aryl methyl sites for hydroxylation is 3. The molecule has 0 radical (unpaired) electrons. The Bertz CT molecular complexity index is 849. The largest absolute Gasteiger partial charge is 0.352 e. The molecule has 0 aliphatic heterocycles. The second-order valence-electron chi connectivity index (χ2n) is 5.29. The van der Waals surface area contributed by atoms with Gasteiger partial charge >= 0.3 is 0 Å². The van der Waals surface area contributed by atoms with Crippen LogP contribution in [0.5, 0.6) is 0 Å². The van der Waals surface area contributed by atoms with Crippen molar-refractivity contribution in [2.75, 3.05) is 6.54 Å². The lowest BCUT2D eigenvalue weighted by Gasteiger charge is -2.06. The van der Waals surface area contributed by atoms with E-state index in [1.165, 1.54) is 0 Å². The molecule has 0 spiro atoms. The number of imidazole rings is 1. The number of pyridine rings is 1. The maximum Gasteiger partial charge on any atom is 0.253 e. The van der Waals surface area contributed by atoms with Gasteiger partial charge in [-0.2, -0.15) is 0 Å². The Morgan fingerprint density at radius 1 is 1.39 bits per heavy atom. The fraction of sp³-hybridized carbons (Fsp3) is 0.400. The van der Waals surface area contributed by atoms with Gasteiger partial charge in [-0.1, -0.05) is 0 Å². The Hall–Kier alpha value is -2.77. The van der Waals surface area contributed by atoms with Gasteiger partial charge in [0.2, 0.25) is 0 Å². The second kappa shape index (κ2) is 6.15. The zero-order valence-electron chi connectivity index (χ0n) is 13.4. The van der Waals surface area contributed by atoms with Crippen molar-refractivity contribution < 1.29 is 4.79 Å². The van der Waals surface area contributed by atoms with Crippen LogP contribution in [0.2, 0.25) is 0 Å². The van der Waals surface area contributed by atoms with E-state index in [0.717, 1.165) is 18.2 Å². The van der Waals surface area contributed by atoms with Crippen LogP contribution in [0, 0.1) is 6.92 Å². The maximum atomic E-state index is 12.4. The Labute approximate surface area is 133 Å². The third kappa shape index (κ3) is 2.79. The van der Waals surface area contributed by atoms with Gasteiger partial charge in [0.1, 0.15) is 23.5 Å². The molecule has 1 N–H and O–H groups in total. The molecule has 3 rings (SSSR count). The van der Waals surface area contributed by atoms with Gasteiger partial charge in [-0.3, -0.25) is 4.79 Å². The normalized spacial score (nSPS) is 11.1. The van der Waals surface area contributed by atoms with Crippen molar-refractivity contribution in [3.05, 3.63) is 35.8 Å². The van der Waals surface area contributed by atoms with Crippen LogP contribution in [0.15, 0.2) is 18.6 Å². The van der Waals surface area contributed by atoms with E-state index in [2.05, 4.69) is 25.5 Å². The van der Waals surface area contributed by atoms with Gasteiger partial charge in [0.15, 0.2) is 5.65 Å². The van der Waals surface area contributed by atoms with Crippen molar-refractivity contribution in [2.24, 2.45) is 7.05 Å². The third-order valence-corrected chi connectivity index (χ3v) is 3.90. The van der Waals surface area contributed by atoms with E-state index in [-0.39, 0.29) is 5.91 Å². The number of rotatable bonds is 5. The SMILES string of the molecule is CCn1cnnc1CCNC(=O)c1ccnc2c1nc(C)n2C. The molecular formula is C15H19N7O. The first kappa shape index (κ1) is 15.1. The number of hydrogen-bond donors (Lipinski definition) is 1. The summed E-state index contributed by atoms with van der Waals surface area (Å²) >= 11 is 0. The molecule has 3 aromatic heterocycles. The van der Waals surface area contributed by atoms with Crippen LogP contribution in [0.4, 0.5) is 0 Å². The summed E-state index contributed by atoms with van der Waals surface area (Å²) in [6.07, 6.45) is 3.96. The molecule has 8 nitrogen and oxygen atoms in total. The second-order valence-corrected chi connectivity index (χ2v) is 5.29. The van der Waals surface area contributed by atoms with Gasteiger partial charge in [0, 0.05) is 32.8 Å². The van der Waals surface area contributed by atoms with Gasteiger partial charge in [-0.25, -0.2) is 9.97 Å². The van der Waals surface area contributed by atoms with Crippen LogP contribution in [0.25, 0.3) is 11.2 Å². The number of aromatic nitrogens is 6. The number of nitrogens with one attached hydrogen (secondary N) is 1. The van der Waals surface area contributed by atoms with E-state index in [1.807, 2.05) is 30.0 Å². The number of nitrogens with zero attached hydrogens (tertiary/aromatic N) is 6. The molecule has 3 aromatic rings. The first-order chi connectivity index (χ1) is 11.1. The van der Waals surface area contributed by atoms with E-state index in [4.69, 9.17) is 0 Å². The van der Waals surface area contributed by atoms with Crippen LogP contribution in [0.1, 0.15) is 28.9 Å². The van der Waals surface area contributed by atoms with Crippen molar-refractivity contribution >= 4 is 17.1 Å². The van der Waals surface area contributed by atoms with Crippen LogP contribution in [-0.4, -0.2) is 41.8 Å². The first-order valence-corrected chi connectivity index (χ1v) is 7.54. The van der Waals surface area contributed by atoms with Crippen molar-refractivity contribution in [1.29, 1.82) is 0 Å². The Balaban J connectivity index is 1.73. The van der Waals surface area contributed by atoms with Gasteiger partial charge in [-0.15, -0.1) is 10.2 Å². The summed E-state index contributed by atoms with van der Waals surface area (Å²) in [5.41, 5.74) is 1.87. The highest BCUT2D eigenvalue weighted by Crippen LogP contribution is 2.16. The minimum absolute atomic E-state index is 0.155. The van der Waals surface area contributed by atoms with E-state index in [0.29, 0.717) is 29.7 Å². The lowest BCUT2D eigenvalue weighted by Crippen LogP contribution is -2.26. The smallest absolute Gasteiger partial charge is 0.253 e. The van der Waals surface area contributed by atoms with Gasteiger partial charge in [0.05, 0.1) is 5.56 Å². The topological polar surface area (TPSA) is 90.5 Å². The fourth-order valence-corrected chi connectivity index (χ4v) is 2.49. The standard InChI is InChI=1S/C15H19N7O/c1-4-22-9-18-20-12(22)6-8-17-15(23)11-5-7-16-14-13(11)19-10(2)21(14)3/h5,7,9H,4,6,8H2,1-3H3,(H,17,23). The van der Waals surface area contributed by atoms with Crippen molar-refractivity contribution in [1.82, 2.24) is 34.6 Å². The van der Waals surface area contributed by atoms with Crippen molar-refractivity contribution in [3.63, 3.8) is 0 Å². The number of amides is 1. The number of carbonyl (C=O) groups is 1. The molecule has 1 amide bonds. The summed E-state index contributed by atoms with van der Waals surface area (Å²) in [6.45, 7) is 5.23. The highest BCUT2D eigenvalue weighted by molar-refractivity contribution is 6.04. The van der Waals surface area contributed by atoms with E-state index >= 15 is 0 Å². The molecule has 0 bridgehead atoms. The van der Waals surface area contributed by atoms with Crippen molar-refractivity contribution in [3.8, 4) is 0 Å². The van der Waals surface area contributed by atoms with Gasteiger partial charge < -0.3 is 14.5 Å². The third-order valence-electron chi connectivity index (χ3n) is 3.90. The number of hydrogen-bond acceptors (Lipinski definition) is 5. The zero-order valence-corrected chi connectivity index (χ0v) is 13.4. The molecule has 0 fully saturated rings. The quantitative estimate of drug-likeness (QED) is 0.754. The Kier molecular flexibility index (Phi) is 4.05. The minimum Gasteiger partial charge on any atom is -0.352 e. The Morgan fingerprint density at radius 2 is 2.22 bits per heavy atom. The van der Waals surface area contributed by atoms with E-state index < -0.39 is 0 Å². The monoisotopic (exact) mass is 313 g/mol. The summed E-state index contributed by atoms with van der Waals surface area (Å²) in [7, 11) is 1.89. The predicted molar refractivity (Wildman–Crippen MR) is 85.0 cm³/mol. The molecule has 8 heteroatoms. The molecule has 120 valence electrons. The average molecular weight is 313 g/mol. The first-order valence-electron chi connectivity index (χ1n) is 7.54. The van der Waals surface area contributed by atoms with Crippen LogP contribution < -0.4 is 5.32 Å². The van der Waals surface area contributed by atoms with Crippen LogP contribution in [0.3, 0.4) is 0 Å². The summed E-state index contributed by atoms with van der Waals surface area (Å²) in [6, 6.07) is 1.69. The molecule has 0 aliphatic carbocycles. The van der Waals surface area contributed by atoms with Crippen LogP contribution in [-0.2, 0) is 20.0 Å². The molecule has 0 aliphatic rings. The average Bonchev–Trinajstić information content (AvgIpc) is 3.12. The lowest BCUT2D eigenvalue weighted by atomic mass is 10.2. The molecule has 0 aromatic carbocycles. The molecular weight excluding hydrogens is 294 g/mol. The molecule has 0 unspecified atom stereocenters. The molecule has 0 saturated carbocycles. The minimum atomic E-state index is -0.155. The predicted octanol–water partition coefficient (Wildman–Crippen LogP) is 0.861. The summed E-state index contributed by atoms with van der Waals surface area (Å²) in [4.78, 5) is 21.2. The summed E-state index contributed by atoms with van der Waals surface area (Å²) in [5.74, 6) is 1.53. The zero-order chi connectivity index (χ0) is 16.4. The van der Waals surface area contributed by atoms with E-state index in [9.17, 15) is 4.79 Å². The molecule has 23 heavy (non-hydrogen) atoms. The van der Waals surface area contributed by atoms with Gasteiger partial charge in [-0.05, 0) is 19.9 Å². The maximum absolute atomic E-state index is 12.4. The fourth-order valence-electron chi connectivity index (χ4n) is 2.49. The van der Waals surface area contributed by atoms with Crippen molar-refractivity contribution in [2.45, 2.75) is 26.8 Å². The highest BCUT2D eigenvalue weighted by atomic mass is 16.1. The molecule has 0 saturated heterocycles. The Morgan fingerprint density at radius 3 is 3.00 bits per heavy atom. The number of carbonyl (C=O) groups excluding carboxylic acids is 1. The number of fused-ring (bicyclic) bond motifs is 1. The molecule has 0 atom stereocenters.